The Labute approximate surface area is 113 Å². The highest BCUT2D eigenvalue weighted by atomic mass is 16.2. The summed E-state index contributed by atoms with van der Waals surface area (Å²) in [6, 6.07) is 6.92. The number of amides is 2. The lowest BCUT2D eigenvalue weighted by molar-refractivity contribution is -0.115. The van der Waals surface area contributed by atoms with E-state index in [1.165, 1.54) is 0 Å². The Bertz CT molecular complexity index is 432. The normalized spacial score (nSPS) is 10.0. The van der Waals surface area contributed by atoms with Crippen LogP contribution in [0.4, 0.5) is 5.69 Å². The molecule has 1 rings (SSSR count). The molecule has 0 fully saturated rings. The zero-order valence-corrected chi connectivity index (χ0v) is 11.5. The first-order valence-electron chi connectivity index (χ1n) is 6.56. The summed E-state index contributed by atoms with van der Waals surface area (Å²) in [5.41, 5.74) is 1.18. The summed E-state index contributed by atoms with van der Waals surface area (Å²) in [7, 11) is 0. The third kappa shape index (κ3) is 5.52. The van der Waals surface area contributed by atoms with Crippen molar-refractivity contribution in [1.82, 2.24) is 10.6 Å². The molecular weight excluding hydrogens is 242 g/mol. The zero-order chi connectivity index (χ0) is 14.1. The number of carbonyl (C=O) groups is 2. The molecule has 0 aliphatic carbocycles. The van der Waals surface area contributed by atoms with Crippen LogP contribution in [0.5, 0.6) is 0 Å². The van der Waals surface area contributed by atoms with Crippen LogP contribution in [0.1, 0.15) is 30.6 Å². The second-order valence-corrected chi connectivity index (χ2v) is 4.17. The van der Waals surface area contributed by atoms with Crippen LogP contribution in [0.25, 0.3) is 0 Å². The third-order valence-corrected chi connectivity index (χ3v) is 2.48. The van der Waals surface area contributed by atoms with Gasteiger partial charge in [-0.15, -0.1) is 0 Å². The number of likely N-dealkylation sites (N-methyl/N-ethyl adjacent to an activating group) is 1. The van der Waals surface area contributed by atoms with Gasteiger partial charge in [0.05, 0.1) is 6.54 Å². The summed E-state index contributed by atoms with van der Waals surface area (Å²) < 4.78 is 0. The molecule has 0 aromatic heterocycles. The van der Waals surface area contributed by atoms with Crippen LogP contribution in [-0.2, 0) is 4.79 Å². The second-order valence-electron chi connectivity index (χ2n) is 4.17. The fourth-order valence-corrected chi connectivity index (χ4v) is 1.52. The van der Waals surface area contributed by atoms with E-state index in [1.807, 2.05) is 13.8 Å². The molecule has 5 nitrogen and oxygen atoms in total. The van der Waals surface area contributed by atoms with Gasteiger partial charge in [0.15, 0.2) is 0 Å². The molecule has 104 valence electrons. The van der Waals surface area contributed by atoms with Gasteiger partial charge >= 0.3 is 0 Å². The Hall–Kier alpha value is -1.88. The monoisotopic (exact) mass is 263 g/mol. The predicted molar refractivity (Wildman–Crippen MR) is 76.2 cm³/mol. The minimum absolute atomic E-state index is 0.118. The average Bonchev–Trinajstić information content (AvgIpc) is 2.42. The quantitative estimate of drug-likeness (QED) is 0.696. The van der Waals surface area contributed by atoms with Crippen LogP contribution in [0, 0.1) is 0 Å². The van der Waals surface area contributed by atoms with Crippen molar-refractivity contribution in [3.8, 4) is 0 Å². The molecule has 0 spiro atoms. The maximum atomic E-state index is 11.8. The highest BCUT2D eigenvalue weighted by Crippen LogP contribution is 2.10. The van der Waals surface area contributed by atoms with Crippen molar-refractivity contribution in [2.24, 2.45) is 0 Å². The fraction of sp³-hybridized carbons (Fsp3) is 0.429. The lowest BCUT2D eigenvalue weighted by Crippen LogP contribution is -2.28. The van der Waals surface area contributed by atoms with Crippen molar-refractivity contribution in [2.75, 3.05) is 25.0 Å². The standard InChI is InChI=1S/C14H21N3O2/c1-3-8-16-14(19)11-6-5-7-12(9-11)17-13(18)10-15-4-2/h5-7,9,15H,3-4,8,10H2,1-2H3,(H,16,19)(H,17,18). The first-order chi connectivity index (χ1) is 9.17. The minimum Gasteiger partial charge on any atom is -0.352 e. The molecule has 0 unspecified atom stereocenters. The van der Waals surface area contributed by atoms with Crippen LogP contribution in [-0.4, -0.2) is 31.4 Å². The molecule has 2 amide bonds. The summed E-state index contributed by atoms with van der Waals surface area (Å²) in [5, 5.41) is 8.49. The number of hydrogen-bond donors (Lipinski definition) is 3. The van der Waals surface area contributed by atoms with Crippen molar-refractivity contribution in [2.45, 2.75) is 20.3 Å². The number of rotatable bonds is 7. The van der Waals surface area contributed by atoms with E-state index in [-0.39, 0.29) is 18.4 Å². The lowest BCUT2D eigenvalue weighted by atomic mass is 10.2. The number of hydrogen-bond acceptors (Lipinski definition) is 3. The molecule has 1 aromatic carbocycles. The van der Waals surface area contributed by atoms with Gasteiger partial charge in [0.25, 0.3) is 5.91 Å². The first kappa shape index (κ1) is 15.2. The van der Waals surface area contributed by atoms with Gasteiger partial charge in [-0.1, -0.05) is 19.9 Å². The topological polar surface area (TPSA) is 70.2 Å². The highest BCUT2D eigenvalue weighted by Gasteiger charge is 2.06. The van der Waals surface area contributed by atoms with E-state index in [4.69, 9.17) is 0 Å². The average molecular weight is 263 g/mol. The minimum atomic E-state index is -0.121. The summed E-state index contributed by atoms with van der Waals surface area (Å²) in [4.78, 5) is 23.3. The van der Waals surface area contributed by atoms with Gasteiger partial charge in [0.2, 0.25) is 5.91 Å². The molecule has 0 saturated carbocycles. The van der Waals surface area contributed by atoms with Gasteiger partial charge in [0.1, 0.15) is 0 Å². The third-order valence-electron chi connectivity index (χ3n) is 2.48. The van der Waals surface area contributed by atoms with Gasteiger partial charge in [0, 0.05) is 17.8 Å². The van der Waals surface area contributed by atoms with Crippen LogP contribution < -0.4 is 16.0 Å². The Balaban J connectivity index is 2.61. The summed E-state index contributed by atoms with van der Waals surface area (Å²) in [6.07, 6.45) is 0.894. The van der Waals surface area contributed by atoms with Crippen LogP contribution in [0.2, 0.25) is 0 Å². The van der Waals surface area contributed by atoms with Crippen molar-refractivity contribution in [3.63, 3.8) is 0 Å². The second kappa shape index (κ2) is 8.26. The molecule has 5 heteroatoms. The highest BCUT2D eigenvalue weighted by molar-refractivity contribution is 5.97. The number of nitrogens with one attached hydrogen (secondary N) is 3. The van der Waals surface area contributed by atoms with E-state index >= 15 is 0 Å². The number of carbonyl (C=O) groups excluding carboxylic acids is 2. The van der Waals surface area contributed by atoms with Crippen LogP contribution in [0.3, 0.4) is 0 Å². The predicted octanol–water partition coefficient (Wildman–Crippen LogP) is 1.37. The van der Waals surface area contributed by atoms with Crippen molar-refractivity contribution in [3.05, 3.63) is 29.8 Å². The molecule has 3 N–H and O–H groups in total. The maximum Gasteiger partial charge on any atom is 0.251 e. The maximum absolute atomic E-state index is 11.8. The van der Waals surface area contributed by atoms with E-state index in [0.29, 0.717) is 17.8 Å². The van der Waals surface area contributed by atoms with E-state index in [0.717, 1.165) is 13.0 Å². The molecular formula is C14H21N3O2. The van der Waals surface area contributed by atoms with E-state index < -0.39 is 0 Å². The zero-order valence-electron chi connectivity index (χ0n) is 11.5. The molecule has 0 atom stereocenters. The van der Waals surface area contributed by atoms with E-state index in [1.54, 1.807) is 24.3 Å². The van der Waals surface area contributed by atoms with Crippen molar-refractivity contribution >= 4 is 17.5 Å². The summed E-state index contributed by atoms with van der Waals surface area (Å²) >= 11 is 0. The van der Waals surface area contributed by atoms with Crippen molar-refractivity contribution < 1.29 is 9.59 Å². The molecule has 0 aliphatic rings. The smallest absolute Gasteiger partial charge is 0.251 e. The lowest BCUT2D eigenvalue weighted by Gasteiger charge is -2.08. The fourth-order valence-electron chi connectivity index (χ4n) is 1.52. The van der Waals surface area contributed by atoms with Gasteiger partial charge in [-0.2, -0.15) is 0 Å². The molecule has 0 bridgehead atoms. The van der Waals surface area contributed by atoms with Gasteiger partial charge in [-0.25, -0.2) is 0 Å². The Kier molecular flexibility index (Phi) is 6.60. The van der Waals surface area contributed by atoms with Gasteiger partial charge in [-0.05, 0) is 31.2 Å². The number of benzene rings is 1. The van der Waals surface area contributed by atoms with E-state index in [9.17, 15) is 9.59 Å². The molecule has 0 radical (unpaired) electrons. The van der Waals surface area contributed by atoms with E-state index in [2.05, 4.69) is 16.0 Å². The molecule has 19 heavy (non-hydrogen) atoms. The molecule has 1 aromatic rings. The van der Waals surface area contributed by atoms with Gasteiger partial charge in [-0.3, -0.25) is 9.59 Å². The van der Waals surface area contributed by atoms with Crippen molar-refractivity contribution in [1.29, 1.82) is 0 Å². The first-order valence-corrected chi connectivity index (χ1v) is 6.56. The molecule has 0 aliphatic heterocycles. The van der Waals surface area contributed by atoms with Crippen LogP contribution in [0.15, 0.2) is 24.3 Å². The number of anilines is 1. The van der Waals surface area contributed by atoms with Crippen LogP contribution >= 0.6 is 0 Å². The molecule has 0 heterocycles. The molecule has 0 saturated heterocycles. The largest absolute Gasteiger partial charge is 0.352 e. The summed E-state index contributed by atoms with van der Waals surface area (Å²) in [6.45, 7) is 5.59. The Morgan fingerprint density at radius 3 is 2.68 bits per heavy atom. The Morgan fingerprint density at radius 1 is 1.21 bits per heavy atom. The van der Waals surface area contributed by atoms with Gasteiger partial charge < -0.3 is 16.0 Å². The SMILES string of the molecule is CCCNC(=O)c1cccc(NC(=O)CNCC)c1. The Morgan fingerprint density at radius 2 is 2.00 bits per heavy atom. The summed E-state index contributed by atoms with van der Waals surface area (Å²) in [5.74, 6) is -0.238.